The molecule has 0 saturated heterocycles. The van der Waals surface area contributed by atoms with E-state index in [2.05, 4.69) is 9.97 Å². The van der Waals surface area contributed by atoms with Crippen LogP contribution >= 0.6 is 11.6 Å². The van der Waals surface area contributed by atoms with Crippen molar-refractivity contribution >= 4 is 17.2 Å². The molecule has 4 nitrogen and oxygen atoms in total. The Balaban J connectivity index is 2.36. The molecular weight excluding hydrogens is 262 g/mol. The van der Waals surface area contributed by atoms with E-state index in [1.165, 1.54) is 0 Å². The van der Waals surface area contributed by atoms with Gasteiger partial charge in [0.15, 0.2) is 5.65 Å². The van der Waals surface area contributed by atoms with Gasteiger partial charge in [-0.3, -0.25) is 9.38 Å². The van der Waals surface area contributed by atoms with E-state index in [0.717, 1.165) is 17.0 Å². The summed E-state index contributed by atoms with van der Waals surface area (Å²) in [6.45, 7) is 1.72. The summed E-state index contributed by atoms with van der Waals surface area (Å²) in [5.74, 6) is 0. The fourth-order valence-corrected chi connectivity index (χ4v) is 2.38. The topological polar surface area (TPSA) is 50.4 Å². The van der Waals surface area contributed by atoms with Crippen LogP contribution in [-0.4, -0.2) is 19.5 Å². The van der Waals surface area contributed by atoms with Gasteiger partial charge in [-0.25, -0.2) is 4.98 Å². The Labute approximate surface area is 115 Å². The Hall–Kier alpha value is -1.91. The second-order valence-corrected chi connectivity index (χ2v) is 4.71. The minimum Gasteiger partial charge on any atom is -0.387 e. The molecular formula is C14H12ClN3O. The van der Waals surface area contributed by atoms with Crippen LogP contribution in [0.2, 0.25) is 5.02 Å². The number of pyridine rings is 2. The molecule has 0 saturated carbocycles. The molecule has 0 amide bonds. The number of rotatable bonds is 2. The first-order valence-corrected chi connectivity index (χ1v) is 6.31. The lowest BCUT2D eigenvalue weighted by atomic mass is 10.1. The monoisotopic (exact) mass is 273 g/mol. The summed E-state index contributed by atoms with van der Waals surface area (Å²) in [5.41, 5.74) is 3.01. The molecule has 3 aromatic rings. The molecule has 19 heavy (non-hydrogen) atoms. The second-order valence-electron chi connectivity index (χ2n) is 4.31. The number of hydrogen-bond acceptors (Lipinski definition) is 3. The van der Waals surface area contributed by atoms with E-state index < -0.39 is 6.10 Å². The van der Waals surface area contributed by atoms with Gasteiger partial charge in [-0.05, 0) is 31.2 Å². The number of aliphatic hydroxyl groups is 1. The summed E-state index contributed by atoms with van der Waals surface area (Å²) in [4.78, 5) is 8.54. The molecule has 3 rings (SSSR count). The zero-order valence-corrected chi connectivity index (χ0v) is 11.0. The van der Waals surface area contributed by atoms with Crippen LogP contribution in [0.25, 0.3) is 16.9 Å². The summed E-state index contributed by atoms with van der Waals surface area (Å²) in [7, 11) is 0. The largest absolute Gasteiger partial charge is 0.387 e. The average Bonchev–Trinajstić information content (AvgIpc) is 2.81. The zero-order chi connectivity index (χ0) is 13.4. The van der Waals surface area contributed by atoms with Crippen molar-refractivity contribution in [3.8, 4) is 11.3 Å². The SMILES string of the molecule is CC(O)c1c(-c2ccncc2)nc2c(Cl)cccn12. The Morgan fingerprint density at radius 1 is 1.26 bits per heavy atom. The first kappa shape index (κ1) is 12.1. The third-order valence-electron chi connectivity index (χ3n) is 2.99. The quantitative estimate of drug-likeness (QED) is 0.780. The highest BCUT2D eigenvalue weighted by atomic mass is 35.5. The maximum Gasteiger partial charge on any atom is 0.156 e. The van der Waals surface area contributed by atoms with Crippen LogP contribution in [0.4, 0.5) is 0 Å². The van der Waals surface area contributed by atoms with Crippen molar-refractivity contribution in [2.24, 2.45) is 0 Å². The Morgan fingerprint density at radius 2 is 2.00 bits per heavy atom. The van der Waals surface area contributed by atoms with Gasteiger partial charge in [-0.1, -0.05) is 11.6 Å². The summed E-state index contributed by atoms with van der Waals surface area (Å²) < 4.78 is 1.82. The zero-order valence-electron chi connectivity index (χ0n) is 10.3. The maximum absolute atomic E-state index is 10.0. The number of fused-ring (bicyclic) bond motifs is 1. The normalized spacial score (nSPS) is 12.8. The van der Waals surface area contributed by atoms with E-state index in [0.29, 0.717) is 10.7 Å². The van der Waals surface area contributed by atoms with Gasteiger partial charge in [0.1, 0.15) is 0 Å². The van der Waals surface area contributed by atoms with Crippen LogP contribution in [0.15, 0.2) is 42.9 Å². The number of aliphatic hydroxyl groups excluding tert-OH is 1. The number of aromatic nitrogens is 3. The first-order valence-electron chi connectivity index (χ1n) is 5.93. The van der Waals surface area contributed by atoms with E-state index in [1.54, 1.807) is 25.4 Å². The minimum absolute atomic E-state index is 0.560. The second kappa shape index (κ2) is 4.64. The van der Waals surface area contributed by atoms with Crippen LogP contribution in [0.3, 0.4) is 0 Å². The van der Waals surface area contributed by atoms with Gasteiger partial charge in [-0.2, -0.15) is 0 Å². The van der Waals surface area contributed by atoms with Crippen molar-refractivity contribution in [3.63, 3.8) is 0 Å². The van der Waals surface area contributed by atoms with E-state index in [9.17, 15) is 5.11 Å². The third kappa shape index (κ3) is 1.99. The van der Waals surface area contributed by atoms with Crippen molar-refractivity contribution in [1.29, 1.82) is 0 Å². The lowest BCUT2D eigenvalue weighted by Crippen LogP contribution is -1.99. The number of hydrogen-bond donors (Lipinski definition) is 1. The fourth-order valence-electron chi connectivity index (χ4n) is 2.17. The Morgan fingerprint density at radius 3 is 2.68 bits per heavy atom. The predicted octanol–water partition coefficient (Wildman–Crippen LogP) is 3.10. The number of halogens is 1. The van der Waals surface area contributed by atoms with Gasteiger partial charge in [0.25, 0.3) is 0 Å². The van der Waals surface area contributed by atoms with Crippen molar-refractivity contribution < 1.29 is 5.11 Å². The molecule has 1 N–H and O–H groups in total. The van der Waals surface area contributed by atoms with Crippen molar-refractivity contribution in [1.82, 2.24) is 14.4 Å². The molecule has 0 spiro atoms. The van der Waals surface area contributed by atoms with E-state index in [-0.39, 0.29) is 0 Å². The van der Waals surface area contributed by atoms with Crippen molar-refractivity contribution in [3.05, 3.63) is 53.6 Å². The molecule has 1 unspecified atom stereocenters. The fraction of sp³-hybridized carbons (Fsp3) is 0.143. The number of nitrogens with zero attached hydrogens (tertiary/aromatic N) is 3. The van der Waals surface area contributed by atoms with E-state index in [4.69, 9.17) is 11.6 Å². The molecule has 0 bridgehead atoms. The molecule has 3 heterocycles. The molecule has 3 aromatic heterocycles. The summed E-state index contributed by atoms with van der Waals surface area (Å²) in [6, 6.07) is 7.34. The Kier molecular flexibility index (Phi) is 2.97. The summed E-state index contributed by atoms with van der Waals surface area (Å²) in [5, 5.41) is 10.6. The van der Waals surface area contributed by atoms with Crippen LogP contribution in [0.1, 0.15) is 18.7 Å². The maximum atomic E-state index is 10.0. The van der Waals surface area contributed by atoms with E-state index in [1.807, 2.05) is 28.8 Å². The molecule has 5 heteroatoms. The third-order valence-corrected chi connectivity index (χ3v) is 3.28. The highest BCUT2D eigenvalue weighted by molar-refractivity contribution is 6.33. The van der Waals surface area contributed by atoms with Crippen LogP contribution in [-0.2, 0) is 0 Å². The Bertz CT molecular complexity index is 722. The molecule has 0 aromatic carbocycles. The molecule has 96 valence electrons. The molecule has 0 fully saturated rings. The highest BCUT2D eigenvalue weighted by Gasteiger charge is 2.18. The van der Waals surface area contributed by atoms with Gasteiger partial charge in [0.05, 0.1) is 22.5 Å². The van der Waals surface area contributed by atoms with Gasteiger partial charge >= 0.3 is 0 Å². The smallest absolute Gasteiger partial charge is 0.156 e. The van der Waals surface area contributed by atoms with Crippen LogP contribution < -0.4 is 0 Å². The molecule has 0 aliphatic carbocycles. The van der Waals surface area contributed by atoms with Gasteiger partial charge in [0, 0.05) is 24.2 Å². The van der Waals surface area contributed by atoms with E-state index >= 15 is 0 Å². The molecule has 1 atom stereocenters. The van der Waals surface area contributed by atoms with Gasteiger partial charge in [0.2, 0.25) is 0 Å². The first-order chi connectivity index (χ1) is 9.18. The molecule has 0 aliphatic rings. The van der Waals surface area contributed by atoms with Crippen molar-refractivity contribution in [2.75, 3.05) is 0 Å². The van der Waals surface area contributed by atoms with Crippen LogP contribution in [0, 0.1) is 0 Å². The summed E-state index contributed by atoms with van der Waals surface area (Å²) in [6.07, 6.45) is 4.61. The summed E-state index contributed by atoms with van der Waals surface area (Å²) >= 11 is 6.16. The highest BCUT2D eigenvalue weighted by Crippen LogP contribution is 2.30. The lowest BCUT2D eigenvalue weighted by Gasteiger charge is -2.07. The minimum atomic E-state index is -0.642. The average molecular weight is 274 g/mol. The van der Waals surface area contributed by atoms with Gasteiger partial charge in [-0.15, -0.1) is 0 Å². The molecule has 0 radical (unpaired) electrons. The predicted molar refractivity (Wildman–Crippen MR) is 74.1 cm³/mol. The van der Waals surface area contributed by atoms with Crippen molar-refractivity contribution in [2.45, 2.75) is 13.0 Å². The van der Waals surface area contributed by atoms with Gasteiger partial charge < -0.3 is 5.11 Å². The van der Waals surface area contributed by atoms with Crippen LogP contribution in [0.5, 0.6) is 0 Å². The molecule has 0 aliphatic heterocycles. The lowest BCUT2D eigenvalue weighted by molar-refractivity contribution is 0.194. The number of imidazole rings is 1. The standard InChI is InChI=1S/C14H12ClN3O/c1-9(19)13-12(10-4-6-16-7-5-10)17-14-11(15)3-2-8-18(13)14/h2-9,19H,1H3.